The van der Waals surface area contributed by atoms with Crippen molar-refractivity contribution in [3.05, 3.63) is 58.3 Å². The molecule has 0 atom stereocenters. The third kappa shape index (κ3) is 6.97. The maximum Gasteiger partial charge on any atom is 0.242 e. The summed E-state index contributed by atoms with van der Waals surface area (Å²) in [6, 6.07) is 14.1. The molecule has 0 aliphatic carbocycles. The number of aliphatic imine (C=N–C) groups is 1. The van der Waals surface area contributed by atoms with Gasteiger partial charge >= 0.3 is 0 Å². The Balaban J connectivity index is 1.81. The fourth-order valence-corrected chi connectivity index (χ4v) is 3.01. The van der Waals surface area contributed by atoms with Crippen molar-refractivity contribution >= 4 is 23.2 Å². The van der Waals surface area contributed by atoms with E-state index in [1.165, 1.54) is 4.88 Å². The van der Waals surface area contributed by atoms with Gasteiger partial charge in [-0.3, -0.25) is 4.79 Å². The van der Waals surface area contributed by atoms with Gasteiger partial charge in [-0.2, -0.15) is 0 Å². The van der Waals surface area contributed by atoms with Gasteiger partial charge in [-0.05, 0) is 30.4 Å². The highest BCUT2D eigenvalue weighted by molar-refractivity contribution is 7.09. The van der Waals surface area contributed by atoms with E-state index >= 15 is 0 Å². The fraction of sp³-hybridized carbons (Fsp3) is 0.368. The highest BCUT2D eigenvalue weighted by Crippen LogP contribution is 2.09. The number of nitrogens with zero attached hydrogens (tertiary/aromatic N) is 2. The standard InChI is InChI=1S/C19H26N4OS/c1-3-20-19(23(2)12-11-17-10-7-13-25-17)22-15-18(24)21-14-16-8-5-4-6-9-16/h4-10,13H,3,11-12,14-15H2,1-2H3,(H,20,22)(H,21,24). The van der Waals surface area contributed by atoms with Crippen LogP contribution in [0.3, 0.4) is 0 Å². The van der Waals surface area contributed by atoms with Gasteiger partial charge in [0.25, 0.3) is 0 Å². The van der Waals surface area contributed by atoms with E-state index in [1.807, 2.05) is 44.3 Å². The van der Waals surface area contributed by atoms with E-state index in [-0.39, 0.29) is 12.5 Å². The van der Waals surface area contributed by atoms with E-state index in [9.17, 15) is 4.79 Å². The highest BCUT2D eigenvalue weighted by Gasteiger charge is 2.08. The van der Waals surface area contributed by atoms with Crippen LogP contribution in [0, 0.1) is 0 Å². The first kappa shape index (κ1) is 19.0. The van der Waals surface area contributed by atoms with E-state index in [0.717, 1.165) is 31.0 Å². The summed E-state index contributed by atoms with van der Waals surface area (Å²) in [5, 5.41) is 8.23. The predicted molar refractivity (Wildman–Crippen MR) is 105 cm³/mol. The van der Waals surface area contributed by atoms with Gasteiger partial charge in [0, 0.05) is 31.6 Å². The number of rotatable bonds is 8. The molecule has 134 valence electrons. The number of nitrogens with one attached hydrogen (secondary N) is 2. The van der Waals surface area contributed by atoms with Gasteiger partial charge in [-0.15, -0.1) is 11.3 Å². The van der Waals surface area contributed by atoms with Gasteiger partial charge in [-0.25, -0.2) is 4.99 Å². The Bertz CT molecular complexity index is 655. The molecule has 0 spiro atoms. The van der Waals surface area contributed by atoms with E-state index in [0.29, 0.717) is 6.54 Å². The van der Waals surface area contributed by atoms with Crippen LogP contribution >= 0.6 is 11.3 Å². The van der Waals surface area contributed by atoms with E-state index in [2.05, 4.69) is 38.0 Å². The van der Waals surface area contributed by atoms with Crippen LogP contribution in [0.5, 0.6) is 0 Å². The number of hydrogen-bond donors (Lipinski definition) is 2. The molecule has 2 aromatic rings. The summed E-state index contributed by atoms with van der Waals surface area (Å²) in [7, 11) is 2.00. The summed E-state index contributed by atoms with van der Waals surface area (Å²) < 4.78 is 0. The third-order valence-corrected chi connectivity index (χ3v) is 4.61. The number of amides is 1. The number of benzene rings is 1. The van der Waals surface area contributed by atoms with Crippen molar-refractivity contribution in [2.75, 3.05) is 26.7 Å². The van der Waals surface area contributed by atoms with Crippen LogP contribution in [-0.4, -0.2) is 43.4 Å². The lowest BCUT2D eigenvalue weighted by atomic mass is 10.2. The molecule has 1 heterocycles. The lowest BCUT2D eigenvalue weighted by Crippen LogP contribution is -2.40. The maximum absolute atomic E-state index is 12.0. The van der Waals surface area contributed by atoms with Crippen LogP contribution in [0.4, 0.5) is 0 Å². The van der Waals surface area contributed by atoms with Crippen LogP contribution in [0.25, 0.3) is 0 Å². The van der Waals surface area contributed by atoms with Gasteiger partial charge < -0.3 is 15.5 Å². The molecule has 0 saturated carbocycles. The average molecular weight is 359 g/mol. The molecule has 5 nitrogen and oxygen atoms in total. The zero-order chi connectivity index (χ0) is 17.9. The van der Waals surface area contributed by atoms with Crippen molar-refractivity contribution in [1.82, 2.24) is 15.5 Å². The molecular formula is C19H26N4OS. The molecule has 25 heavy (non-hydrogen) atoms. The molecule has 1 aromatic carbocycles. The largest absolute Gasteiger partial charge is 0.357 e. The van der Waals surface area contributed by atoms with Crippen LogP contribution < -0.4 is 10.6 Å². The van der Waals surface area contributed by atoms with Crippen molar-refractivity contribution < 1.29 is 4.79 Å². The number of carbonyl (C=O) groups is 1. The molecule has 0 saturated heterocycles. The van der Waals surface area contributed by atoms with Gasteiger partial charge in [-0.1, -0.05) is 36.4 Å². The molecule has 0 fully saturated rings. The Kier molecular flexibility index (Phi) is 7.98. The summed E-state index contributed by atoms with van der Waals surface area (Å²) in [4.78, 5) is 19.9. The SMILES string of the molecule is CCNC(=NCC(=O)NCc1ccccc1)N(C)CCc1cccs1. The lowest BCUT2D eigenvalue weighted by molar-refractivity contribution is -0.119. The van der Waals surface area contributed by atoms with E-state index in [1.54, 1.807) is 11.3 Å². The minimum Gasteiger partial charge on any atom is -0.357 e. The van der Waals surface area contributed by atoms with Crippen LogP contribution in [-0.2, 0) is 17.8 Å². The fourth-order valence-electron chi connectivity index (χ4n) is 2.31. The van der Waals surface area contributed by atoms with E-state index in [4.69, 9.17) is 0 Å². The zero-order valence-electron chi connectivity index (χ0n) is 14.9. The first-order valence-electron chi connectivity index (χ1n) is 8.51. The second kappa shape index (κ2) is 10.5. The number of guanidine groups is 1. The summed E-state index contributed by atoms with van der Waals surface area (Å²) in [5.74, 6) is 0.680. The monoisotopic (exact) mass is 358 g/mol. The summed E-state index contributed by atoms with van der Waals surface area (Å²) >= 11 is 1.76. The van der Waals surface area contributed by atoms with Crippen molar-refractivity contribution in [2.24, 2.45) is 4.99 Å². The topological polar surface area (TPSA) is 56.7 Å². The van der Waals surface area contributed by atoms with Crippen molar-refractivity contribution in [3.63, 3.8) is 0 Å². The highest BCUT2D eigenvalue weighted by atomic mass is 32.1. The smallest absolute Gasteiger partial charge is 0.242 e. The van der Waals surface area contributed by atoms with Gasteiger partial charge in [0.1, 0.15) is 6.54 Å². The Morgan fingerprint density at radius 3 is 2.64 bits per heavy atom. The van der Waals surface area contributed by atoms with Gasteiger partial charge in [0.15, 0.2) is 5.96 Å². The van der Waals surface area contributed by atoms with Crippen molar-refractivity contribution in [2.45, 2.75) is 19.9 Å². The molecule has 0 unspecified atom stereocenters. The second-order valence-electron chi connectivity index (χ2n) is 5.68. The molecule has 1 amide bonds. The minimum absolute atomic E-state index is 0.0779. The van der Waals surface area contributed by atoms with Crippen LogP contribution in [0.15, 0.2) is 52.8 Å². The normalized spacial score (nSPS) is 11.2. The van der Waals surface area contributed by atoms with Crippen LogP contribution in [0.1, 0.15) is 17.4 Å². The lowest BCUT2D eigenvalue weighted by Gasteiger charge is -2.21. The molecule has 0 aliphatic rings. The number of hydrogen-bond acceptors (Lipinski definition) is 3. The summed E-state index contributed by atoms with van der Waals surface area (Å²) in [6.45, 7) is 4.31. The predicted octanol–water partition coefficient (Wildman–Crippen LogP) is 2.50. The zero-order valence-corrected chi connectivity index (χ0v) is 15.7. The van der Waals surface area contributed by atoms with Gasteiger partial charge in [0.05, 0.1) is 0 Å². The van der Waals surface area contributed by atoms with E-state index < -0.39 is 0 Å². The first-order valence-corrected chi connectivity index (χ1v) is 9.39. The van der Waals surface area contributed by atoms with Crippen LogP contribution in [0.2, 0.25) is 0 Å². The molecular weight excluding hydrogens is 332 g/mol. The Hall–Kier alpha value is -2.34. The molecule has 6 heteroatoms. The number of carbonyl (C=O) groups excluding carboxylic acids is 1. The average Bonchev–Trinajstić information content (AvgIpc) is 3.16. The Labute approximate surface area is 153 Å². The van der Waals surface area contributed by atoms with Crippen molar-refractivity contribution in [3.8, 4) is 0 Å². The quantitative estimate of drug-likeness (QED) is 0.563. The molecule has 2 N–H and O–H groups in total. The molecule has 0 aliphatic heterocycles. The Morgan fingerprint density at radius 2 is 1.96 bits per heavy atom. The molecule has 1 aromatic heterocycles. The van der Waals surface area contributed by atoms with Gasteiger partial charge in [0.2, 0.25) is 5.91 Å². The summed E-state index contributed by atoms with van der Waals surface area (Å²) in [6.07, 6.45) is 0.971. The molecule has 0 bridgehead atoms. The summed E-state index contributed by atoms with van der Waals surface area (Å²) in [5.41, 5.74) is 1.08. The Morgan fingerprint density at radius 1 is 1.16 bits per heavy atom. The minimum atomic E-state index is -0.0779. The molecule has 0 radical (unpaired) electrons. The molecule has 2 rings (SSSR count). The first-order chi connectivity index (χ1) is 12.2. The maximum atomic E-state index is 12.0. The number of likely N-dealkylation sites (N-methyl/N-ethyl adjacent to an activating group) is 1. The van der Waals surface area contributed by atoms with Crippen molar-refractivity contribution in [1.29, 1.82) is 0 Å². The number of thiophene rings is 1. The third-order valence-electron chi connectivity index (χ3n) is 3.68. The second-order valence-corrected chi connectivity index (χ2v) is 6.72.